The monoisotopic (exact) mass is 429 g/mol. The molecule has 2 aromatic carbocycles. The lowest BCUT2D eigenvalue weighted by atomic mass is 10.1. The van der Waals surface area contributed by atoms with Crippen LogP contribution in [0.5, 0.6) is 5.75 Å². The highest BCUT2D eigenvalue weighted by molar-refractivity contribution is 5.85. The summed E-state index contributed by atoms with van der Waals surface area (Å²) in [6.45, 7) is 5.47. The first-order valence-corrected chi connectivity index (χ1v) is 9.66. The number of nitrogens with one attached hydrogen (secondary N) is 3. The summed E-state index contributed by atoms with van der Waals surface area (Å²) >= 11 is 0. The normalized spacial score (nSPS) is 11.8. The van der Waals surface area contributed by atoms with Gasteiger partial charge in [-0.2, -0.15) is 0 Å². The molecular formula is C22H27N3O6. The number of carbonyl (C=O) groups excluding carboxylic acids is 2. The van der Waals surface area contributed by atoms with Crippen LogP contribution in [0.4, 0.5) is 15.3 Å². The predicted molar refractivity (Wildman–Crippen MR) is 115 cm³/mol. The van der Waals surface area contributed by atoms with Gasteiger partial charge in [-0.1, -0.05) is 24.3 Å². The molecule has 0 radical (unpaired) electrons. The van der Waals surface area contributed by atoms with Crippen LogP contribution in [0.1, 0.15) is 31.9 Å². The molecule has 0 fully saturated rings. The van der Waals surface area contributed by atoms with E-state index in [4.69, 9.17) is 4.74 Å². The van der Waals surface area contributed by atoms with Crippen molar-refractivity contribution in [3.05, 3.63) is 59.7 Å². The lowest BCUT2D eigenvalue weighted by Crippen LogP contribution is -2.46. The lowest BCUT2D eigenvalue weighted by molar-refractivity contribution is -0.139. The second kappa shape index (κ2) is 10.3. The summed E-state index contributed by atoms with van der Waals surface area (Å²) in [7, 11) is 0. The minimum Gasteiger partial charge on any atom is -0.508 e. The van der Waals surface area contributed by atoms with Gasteiger partial charge in [-0.3, -0.25) is 5.32 Å². The van der Waals surface area contributed by atoms with E-state index in [9.17, 15) is 24.6 Å². The van der Waals surface area contributed by atoms with Crippen molar-refractivity contribution in [2.45, 2.75) is 45.4 Å². The number of aliphatic carboxylic acids is 1. The summed E-state index contributed by atoms with van der Waals surface area (Å²) in [4.78, 5) is 35.4. The van der Waals surface area contributed by atoms with Crippen molar-refractivity contribution < 1.29 is 29.3 Å². The number of carboxylic acids is 1. The third-order valence-corrected chi connectivity index (χ3v) is 4.01. The topological polar surface area (TPSA) is 137 Å². The van der Waals surface area contributed by atoms with Gasteiger partial charge in [0.15, 0.2) is 0 Å². The van der Waals surface area contributed by atoms with E-state index in [0.717, 1.165) is 5.56 Å². The minimum atomic E-state index is -1.18. The number of carboxylic acid groups (broad SMARTS) is 1. The summed E-state index contributed by atoms with van der Waals surface area (Å²) in [5.74, 6) is -1.16. The van der Waals surface area contributed by atoms with Gasteiger partial charge in [0, 0.05) is 18.7 Å². The molecule has 0 saturated heterocycles. The Hall–Kier alpha value is -3.75. The molecule has 0 saturated carbocycles. The number of phenolic OH excluding ortho intramolecular Hbond substituents is 1. The van der Waals surface area contributed by atoms with Gasteiger partial charge in [0.1, 0.15) is 17.4 Å². The molecule has 0 bridgehead atoms. The van der Waals surface area contributed by atoms with Gasteiger partial charge in [-0.05, 0) is 56.2 Å². The van der Waals surface area contributed by atoms with Crippen LogP contribution in [0, 0.1) is 0 Å². The van der Waals surface area contributed by atoms with E-state index < -0.39 is 29.7 Å². The highest BCUT2D eigenvalue weighted by Crippen LogP contribution is 2.14. The number of phenols is 1. The Balaban J connectivity index is 1.85. The van der Waals surface area contributed by atoms with Gasteiger partial charge in [-0.15, -0.1) is 0 Å². The van der Waals surface area contributed by atoms with Crippen molar-refractivity contribution in [3.8, 4) is 5.75 Å². The van der Waals surface area contributed by atoms with Crippen LogP contribution in [0.25, 0.3) is 0 Å². The molecule has 0 heterocycles. The molecule has 1 atom stereocenters. The van der Waals surface area contributed by atoms with Gasteiger partial charge < -0.3 is 25.6 Å². The lowest BCUT2D eigenvalue weighted by Gasteiger charge is -2.19. The van der Waals surface area contributed by atoms with Crippen LogP contribution >= 0.6 is 0 Å². The third-order valence-electron chi connectivity index (χ3n) is 4.01. The standard InChI is InChI=1S/C22H27N3O6/c1-22(2,3)31-21(30)24-16-9-7-14(8-10-16)13-23-20(29)25-18(19(27)28)12-15-5-4-6-17(26)11-15/h4-11,18,26H,12-13H2,1-3H3,(H,24,30)(H,27,28)(H2,23,25,29). The van der Waals surface area contributed by atoms with Crippen LogP contribution < -0.4 is 16.0 Å². The van der Waals surface area contributed by atoms with Crippen LogP contribution in [-0.4, -0.2) is 39.9 Å². The number of aromatic hydroxyl groups is 1. The zero-order chi connectivity index (χ0) is 23.0. The number of hydrogen-bond donors (Lipinski definition) is 5. The molecule has 9 heteroatoms. The molecule has 5 N–H and O–H groups in total. The van der Waals surface area contributed by atoms with E-state index in [1.54, 1.807) is 57.2 Å². The first-order chi connectivity index (χ1) is 14.5. The predicted octanol–water partition coefficient (Wildman–Crippen LogP) is 3.23. The molecule has 31 heavy (non-hydrogen) atoms. The van der Waals surface area contributed by atoms with E-state index >= 15 is 0 Å². The molecule has 0 aliphatic heterocycles. The first kappa shape index (κ1) is 23.5. The number of rotatable bonds is 7. The SMILES string of the molecule is CC(C)(C)OC(=O)Nc1ccc(CNC(=O)NC(Cc2cccc(O)c2)C(=O)O)cc1. The number of benzene rings is 2. The number of anilines is 1. The first-order valence-electron chi connectivity index (χ1n) is 9.66. The Bertz CT molecular complexity index is 922. The maximum Gasteiger partial charge on any atom is 0.412 e. The van der Waals surface area contributed by atoms with Crippen molar-refractivity contribution in [1.82, 2.24) is 10.6 Å². The Morgan fingerprint density at radius 2 is 1.71 bits per heavy atom. The van der Waals surface area contributed by atoms with Crippen LogP contribution in [0.2, 0.25) is 0 Å². The second-order valence-electron chi connectivity index (χ2n) is 7.92. The third kappa shape index (κ3) is 8.65. The number of carbonyl (C=O) groups is 3. The number of ether oxygens (including phenoxy) is 1. The van der Waals surface area contributed by atoms with Gasteiger partial charge >= 0.3 is 18.1 Å². The van der Waals surface area contributed by atoms with Crippen molar-refractivity contribution in [3.63, 3.8) is 0 Å². The van der Waals surface area contributed by atoms with Crippen molar-refractivity contribution in [2.75, 3.05) is 5.32 Å². The van der Waals surface area contributed by atoms with Crippen LogP contribution in [-0.2, 0) is 22.5 Å². The maximum atomic E-state index is 12.1. The molecule has 2 rings (SSSR count). The van der Waals surface area contributed by atoms with Gasteiger partial charge in [0.05, 0.1) is 0 Å². The Morgan fingerprint density at radius 3 is 2.29 bits per heavy atom. The quantitative estimate of drug-likeness (QED) is 0.458. The summed E-state index contributed by atoms with van der Waals surface area (Å²) in [5.41, 5.74) is 1.28. The van der Waals surface area contributed by atoms with E-state index in [2.05, 4.69) is 16.0 Å². The highest BCUT2D eigenvalue weighted by Gasteiger charge is 2.20. The molecule has 3 amide bonds. The van der Waals surface area contributed by atoms with Crippen LogP contribution in [0.3, 0.4) is 0 Å². The molecule has 0 aliphatic rings. The highest BCUT2D eigenvalue weighted by atomic mass is 16.6. The zero-order valence-electron chi connectivity index (χ0n) is 17.6. The molecule has 1 unspecified atom stereocenters. The summed E-state index contributed by atoms with van der Waals surface area (Å²) < 4.78 is 5.18. The number of urea groups is 1. The van der Waals surface area contributed by atoms with Gasteiger partial charge in [-0.25, -0.2) is 14.4 Å². The average molecular weight is 429 g/mol. The van der Waals surface area contributed by atoms with Crippen molar-refractivity contribution in [1.29, 1.82) is 0 Å². The van der Waals surface area contributed by atoms with Gasteiger partial charge in [0.25, 0.3) is 0 Å². The number of hydrogen-bond acceptors (Lipinski definition) is 5. The Labute approximate surface area is 180 Å². The largest absolute Gasteiger partial charge is 0.508 e. The van der Waals surface area contributed by atoms with E-state index in [-0.39, 0.29) is 18.7 Å². The molecule has 2 aromatic rings. The van der Waals surface area contributed by atoms with Crippen LogP contribution in [0.15, 0.2) is 48.5 Å². The number of amides is 3. The van der Waals surface area contributed by atoms with Gasteiger partial charge in [0.2, 0.25) is 0 Å². The zero-order valence-corrected chi connectivity index (χ0v) is 17.6. The molecular weight excluding hydrogens is 402 g/mol. The summed E-state index contributed by atoms with van der Waals surface area (Å²) in [6.07, 6.45) is -0.536. The molecule has 0 spiro atoms. The average Bonchev–Trinajstić information content (AvgIpc) is 2.65. The Kier molecular flexibility index (Phi) is 7.84. The van der Waals surface area contributed by atoms with Crippen molar-refractivity contribution in [2.24, 2.45) is 0 Å². The van der Waals surface area contributed by atoms with E-state index in [1.807, 2.05) is 0 Å². The fourth-order valence-corrected chi connectivity index (χ4v) is 2.64. The molecule has 166 valence electrons. The van der Waals surface area contributed by atoms with E-state index in [0.29, 0.717) is 11.3 Å². The fraction of sp³-hybridized carbons (Fsp3) is 0.318. The molecule has 0 aromatic heterocycles. The maximum absolute atomic E-state index is 12.1. The smallest absolute Gasteiger partial charge is 0.412 e. The minimum absolute atomic E-state index is 0.0238. The molecule has 0 aliphatic carbocycles. The molecule has 9 nitrogen and oxygen atoms in total. The summed E-state index contributed by atoms with van der Waals surface area (Å²) in [5, 5.41) is 26.5. The Morgan fingerprint density at radius 1 is 1.03 bits per heavy atom. The van der Waals surface area contributed by atoms with Crippen molar-refractivity contribution >= 4 is 23.8 Å². The fourth-order valence-electron chi connectivity index (χ4n) is 2.64. The summed E-state index contributed by atoms with van der Waals surface area (Å²) in [6, 6.07) is 11.2. The second-order valence-corrected chi connectivity index (χ2v) is 7.92. The van der Waals surface area contributed by atoms with E-state index in [1.165, 1.54) is 12.1 Å².